The Balaban J connectivity index is 1.42. The van der Waals surface area contributed by atoms with E-state index in [1.165, 1.54) is 16.8 Å². The van der Waals surface area contributed by atoms with Gasteiger partial charge in [-0.15, -0.1) is 0 Å². The van der Waals surface area contributed by atoms with Crippen LogP contribution in [-0.4, -0.2) is 12.1 Å². The highest BCUT2D eigenvalue weighted by molar-refractivity contribution is 9.10. The van der Waals surface area contributed by atoms with Gasteiger partial charge in [0.05, 0.1) is 6.21 Å². The summed E-state index contributed by atoms with van der Waals surface area (Å²) in [7, 11) is 0. The number of nitrogens with one attached hydrogen (secondary N) is 1. The van der Waals surface area contributed by atoms with E-state index in [0.717, 1.165) is 23.1 Å². The second-order valence-corrected chi connectivity index (χ2v) is 7.34. The predicted molar refractivity (Wildman–Crippen MR) is 112 cm³/mol. The zero-order valence-electron chi connectivity index (χ0n) is 14.6. The molecule has 134 valence electrons. The van der Waals surface area contributed by atoms with Gasteiger partial charge in [0.2, 0.25) is 0 Å². The number of nitrogens with zero attached hydrogens (tertiary/aromatic N) is 2. The lowest BCUT2D eigenvalue weighted by atomic mass is 10.1. The monoisotopic (exact) mass is 419 g/mol. The molecule has 0 fully saturated rings. The third-order valence-electron chi connectivity index (χ3n) is 4.56. The molecule has 27 heavy (non-hydrogen) atoms. The van der Waals surface area contributed by atoms with E-state index >= 15 is 0 Å². The van der Waals surface area contributed by atoms with Crippen molar-refractivity contribution in [3.8, 4) is 0 Å². The summed E-state index contributed by atoms with van der Waals surface area (Å²) in [5.74, 6) is -0.204. The SMILES string of the molecule is O=C(NN=Cc1ccc(Br)cc1)c1ccc2c(c1)CN(c1ccccc1)C2. The highest BCUT2D eigenvalue weighted by Crippen LogP contribution is 2.28. The van der Waals surface area contributed by atoms with Crippen LogP contribution < -0.4 is 10.3 Å². The van der Waals surface area contributed by atoms with Gasteiger partial charge in [-0.1, -0.05) is 52.3 Å². The van der Waals surface area contributed by atoms with Crippen LogP contribution in [0.2, 0.25) is 0 Å². The molecule has 3 aromatic rings. The maximum atomic E-state index is 12.4. The quantitative estimate of drug-likeness (QED) is 0.490. The summed E-state index contributed by atoms with van der Waals surface area (Å²) in [5, 5.41) is 4.05. The fourth-order valence-electron chi connectivity index (χ4n) is 3.14. The Bertz CT molecular complexity index is 984. The zero-order chi connectivity index (χ0) is 18.6. The van der Waals surface area contributed by atoms with E-state index in [9.17, 15) is 4.79 Å². The first-order valence-electron chi connectivity index (χ1n) is 8.70. The molecule has 0 saturated heterocycles. The summed E-state index contributed by atoms with van der Waals surface area (Å²) in [5.41, 5.74) is 7.78. The van der Waals surface area contributed by atoms with Crippen LogP contribution in [0.5, 0.6) is 0 Å². The molecule has 0 aromatic heterocycles. The molecule has 0 bridgehead atoms. The van der Waals surface area contributed by atoms with Gasteiger partial charge < -0.3 is 4.90 Å². The van der Waals surface area contributed by atoms with Crippen molar-refractivity contribution < 1.29 is 4.79 Å². The Hall–Kier alpha value is -2.92. The number of carbonyl (C=O) groups is 1. The summed E-state index contributed by atoms with van der Waals surface area (Å²) in [6, 6.07) is 23.9. The first kappa shape index (κ1) is 17.5. The van der Waals surface area contributed by atoms with E-state index in [2.05, 4.69) is 43.5 Å². The molecule has 3 aromatic carbocycles. The number of halogens is 1. The van der Waals surface area contributed by atoms with E-state index in [0.29, 0.717) is 5.56 Å². The molecule has 0 radical (unpaired) electrons. The van der Waals surface area contributed by atoms with Gasteiger partial charge >= 0.3 is 0 Å². The average Bonchev–Trinajstić information content (AvgIpc) is 3.13. The molecule has 1 N–H and O–H groups in total. The third-order valence-corrected chi connectivity index (χ3v) is 5.09. The average molecular weight is 420 g/mol. The summed E-state index contributed by atoms with van der Waals surface area (Å²) >= 11 is 3.39. The number of anilines is 1. The highest BCUT2D eigenvalue weighted by Gasteiger charge is 2.20. The van der Waals surface area contributed by atoms with Gasteiger partial charge in [0.25, 0.3) is 5.91 Å². The van der Waals surface area contributed by atoms with Crippen LogP contribution in [0.3, 0.4) is 0 Å². The molecule has 1 amide bonds. The minimum absolute atomic E-state index is 0.204. The van der Waals surface area contributed by atoms with Crippen LogP contribution in [0.25, 0.3) is 0 Å². The van der Waals surface area contributed by atoms with Gasteiger partial charge in [0.15, 0.2) is 0 Å². The Labute approximate surface area is 166 Å². The molecule has 1 aliphatic heterocycles. The molecular weight excluding hydrogens is 402 g/mol. The number of benzene rings is 3. The Morgan fingerprint density at radius 3 is 2.48 bits per heavy atom. The normalized spacial score (nSPS) is 13.0. The zero-order valence-corrected chi connectivity index (χ0v) is 16.2. The van der Waals surface area contributed by atoms with Gasteiger partial charge in [-0.05, 0) is 53.1 Å². The molecule has 0 atom stereocenters. The largest absolute Gasteiger partial charge is 0.363 e. The highest BCUT2D eigenvalue weighted by atomic mass is 79.9. The minimum atomic E-state index is -0.204. The Morgan fingerprint density at radius 2 is 1.70 bits per heavy atom. The van der Waals surface area contributed by atoms with Crippen molar-refractivity contribution in [1.29, 1.82) is 0 Å². The van der Waals surface area contributed by atoms with Crippen LogP contribution in [0, 0.1) is 0 Å². The maximum Gasteiger partial charge on any atom is 0.271 e. The van der Waals surface area contributed by atoms with Crippen LogP contribution in [0.15, 0.2) is 82.4 Å². The molecule has 0 unspecified atom stereocenters. The first-order chi connectivity index (χ1) is 13.2. The van der Waals surface area contributed by atoms with Gasteiger partial charge in [-0.2, -0.15) is 5.10 Å². The molecule has 5 heteroatoms. The lowest BCUT2D eigenvalue weighted by Gasteiger charge is -2.17. The number of rotatable bonds is 4. The van der Waals surface area contributed by atoms with E-state index in [4.69, 9.17) is 0 Å². The molecule has 0 aliphatic carbocycles. The fraction of sp³-hybridized carbons (Fsp3) is 0.0909. The van der Waals surface area contributed by atoms with Crippen LogP contribution in [0.4, 0.5) is 5.69 Å². The summed E-state index contributed by atoms with van der Waals surface area (Å²) in [6.07, 6.45) is 1.63. The topological polar surface area (TPSA) is 44.7 Å². The number of amides is 1. The molecule has 0 saturated carbocycles. The number of hydrogen-bond donors (Lipinski definition) is 1. The summed E-state index contributed by atoms with van der Waals surface area (Å²) in [4.78, 5) is 14.7. The molecule has 4 nitrogen and oxygen atoms in total. The molecule has 4 rings (SSSR count). The number of carbonyl (C=O) groups excluding carboxylic acids is 1. The van der Waals surface area contributed by atoms with Crippen molar-refractivity contribution in [2.24, 2.45) is 5.10 Å². The second-order valence-electron chi connectivity index (χ2n) is 6.43. The van der Waals surface area contributed by atoms with Gasteiger partial charge in [-0.3, -0.25) is 4.79 Å². The van der Waals surface area contributed by atoms with Crippen molar-refractivity contribution in [3.63, 3.8) is 0 Å². The van der Waals surface area contributed by atoms with E-state index in [1.54, 1.807) is 6.21 Å². The van der Waals surface area contributed by atoms with Crippen molar-refractivity contribution in [2.45, 2.75) is 13.1 Å². The first-order valence-corrected chi connectivity index (χ1v) is 9.49. The van der Waals surface area contributed by atoms with Crippen molar-refractivity contribution in [1.82, 2.24) is 5.43 Å². The molecular formula is C22H18BrN3O. The minimum Gasteiger partial charge on any atom is -0.363 e. The second kappa shape index (κ2) is 7.76. The van der Waals surface area contributed by atoms with E-state index in [-0.39, 0.29) is 5.91 Å². The van der Waals surface area contributed by atoms with Crippen LogP contribution in [0.1, 0.15) is 27.0 Å². The number of hydrogen-bond acceptors (Lipinski definition) is 3. The number of para-hydroxylation sites is 1. The Morgan fingerprint density at radius 1 is 0.963 bits per heavy atom. The van der Waals surface area contributed by atoms with Gasteiger partial charge in [0, 0.05) is 28.8 Å². The third kappa shape index (κ3) is 4.09. The van der Waals surface area contributed by atoms with Crippen molar-refractivity contribution in [2.75, 3.05) is 4.90 Å². The van der Waals surface area contributed by atoms with E-state index in [1.807, 2.05) is 60.7 Å². The molecule has 1 heterocycles. The van der Waals surface area contributed by atoms with Crippen LogP contribution >= 0.6 is 15.9 Å². The fourth-order valence-corrected chi connectivity index (χ4v) is 3.40. The lowest BCUT2D eigenvalue weighted by molar-refractivity contribution is 0.0955. The maximum absolute atomic E-state index is 12.4. The van der Waals surface area contributed by atoms with Crippen LogP contribution in [-0.2, 0) is 13.1 Å². The van der Waals surface area contributed by atoms with Crippen molar-refractivity contribution in [3.05, 3.63) is 99.5 Å². The van der Waals surface area contributed by atoms with E-state index < -0.39 is 0 Å². The molecule has 1 aliphatic rings. The standard InChI is InChI=1S/C22H18BrN3O/c23-20-10-6-16(7-11-20)13-24-25-22(27)17-8-9-18-14-26(15-19(18)12-17)21-4-2-1-3-5-21/h1-13H,14-15H2,(H,25,27). The number of fused-ring (bicyclic) bond motifs is 1. The lowest BCUT2D eigenvalue weighted by Crippen LogP contribution is -2.17. The predicted octanol–water partition coefficient (Wildman–Crippen LogP) is 4.73. The number of hydrazone groups is 1. The molecule has 0 spiro atoms. The van der Waals surface area contributed by atoms with Gasteiger partial charge in [-0.25, -0.2) is 5.43 Å². The summed E-state index contributed by atoms with van der Waals surface area (Å²) < 4.78 is 1.01. The Kier molecular flexibility index (Phi) is 5.03. The van der Waals surface area contributed by atoms with Gasteiger partial charge in [0.1, 0.15) is 0 Å². The summed E-state index contributed by atoms with van der Waals surface area (Å²) in [6.45, 7) is 1.67. The van der Waals surface area contributed by atoms with Crippen molar-refractivity contribution >= 4 is 33.7 Å². The smallest absolute Gasteiger partial charge is 0.271 e.